The number of hydrogen-bond acceptors (Lipinski definition) is 2. The van der Waals surface area contributed by atoms with E-state index >= 15 is 0 Å². The third-order valence-electron chi connectivity index (χ3n) is 6.55. The van der Waals surface area contributed by atoms with E-state index in [2.05, 4.69) is 18.7 Å². The van der Waals surface area contributed by atoms with E-state index in [1.165, 1.54) is 103 Å². The van der Waals surface area contributed by atoms with Crippen LogP contribution in [0.1, 0.15) is 97.3 Å². The molecule has 0 radical (unpaired) electrons. The number of piperidine rings is 1. The fourth-order valence-corrected chi connectivity index (χ4v) is 5.20. The van der Waals surface area contributed by atoms with Gasteiger partial charge in [-0.05, 0) is 56.5 Å². The molecule has 142 valence electrons. The van der Waals surface area contributed by atoms with Gasteiger partial charge in [0.05, 0.1) is 0 Å². The van der Waals surface area contributed by atoms with Gasteiger partial charge in [-0.25, -0.2) is 0 Å². The standard InChI is InChI=1S/C19H36N2.C3H8/c20-19(14-16-6-2-1-3-7-16)11-13-21-12-10-17-8-4-5-9-18(17)15-21;1-3-2/h16-19H,1-15,20H2;3H2,1-2H3. The van der Waals surface area contributed by atoms with E-state index in [4.69, 9.17) is 5.73 Å². The predicted molar refractivity (Wildman–Crippen MR) is 106 cm³/mol. The number of likely N-dealkylation sites (tertiary alicyclic amines) is 1. The van der Waals surface area contributed by atoms with E-state index < -0.39 is 0 Å². The van der Waals surface area contributed by atoms with Gasteiger partial charge in [-0.3, -0.25) is 0 Å². The summed E-state index contributed by atoms with van der Waals surface area (Å²) in [7, 11) is 0. The predicted octanol–water partition coefficient (Wildman–Crippen LogP) is 5.60. The van der Waals surface area contributed by atoms with Crippen molar-refractivity contribution in [2.45, 2.75) is 103 Å². The number of hydrogen-bond donors (Lipinski definition) is 1. The molecule has 3 unspecified atom stereocenters. The van der Waals surface area contributed by atoms with Crippen LogP contribution in [0.4, 0.5) is 0 Å². The second-order valence-corrected chi connectivity index (χ2v) is 8.89. The Kier molecular flexibility index (Phi) is 9.71. The van der Waals surface area contributed by atoms with Crippen molar-refractivity contribution in [2.24, 2.45) is 23.5 Å². The summed E-state index contributed by atoms with van der Waals surface area (Å²) in [5.41, 5.74) is 6.43. The summed E-state index contributed by atoms with van der Waals surface area (Å²) in [6, 6.07) is 0.456. The summed E-state index contributed by atoms with van der Waals surface area (Å²) in [4.78, 5) is 2.73. The van der Waals surface area contributed by atoms with Crippen molar-refractivity contribution in [3.05, 3.63) is 0 Å². The minimum Gasteiger partial charge on any atom is -0.328 e. The van der Waals surface area contributed by atoms with Gasteiger partial charge in [0, 0.05) is 12.6 Å². The van der Waals surface area contributed by atoms with Crippen LogP contribution in [0, 0.1) is 17.8 Å². The van der Waals surface area contributed by atoms with E-state index in [0.717, 1.165) is 17.8 Å². The molecule has 2 heteroatoms. The molecule has 0 aromatic carbocycles. The lowest BCUT2D eigenvalue weighted by atomic mass is 9.75. The van der Waals surface area contributed by atoms with Crippen molar-refractivity contribution >= 4 is 0 Å². The molecular formula is C22H44N2. The molecule has 0 spiro atoms. The van der Waals surface area contributed by atoms with Crippen molar-refractivity contribution in [1.29, 1.82) is 0 Å². The Balaban J connectivity index is 0.000000647. The lowest BCUT2D eigenvalue weighted by molar-refractivity contribution is 0.0841. The first-order valence-electron chi connectivity index (χ1n) is 11.2. The molecule has 3 atom stereocenters. The number of fused-ring (bicyclic) bond motifs is 1. The second kappa shape index (κ2) is 11.5. The number of rotatable bonds is 5. The van der Waals surface area contributed by atoms with Gasteiger partial charge in [-0.1, -0.05) is 71.6 Å². The smallest absolute Gasteiger partial charge is 0.00536 e. The Labute approximate surface area is 151 Å². The highest BCUT2D eigenvalue weighted by molar-refractivity contribution is 4.84. The molecule has 0 aromatic heterocycles. The van der Waals surface area contributed by atoms with Gasteiger partial charge in [0.25, 0.3) is 0 Å². The SMILES string of the molecule is CCC.NC(CCN1CCC2CCCCC2C1)CC1CCCCC1. The molecule has 2 saturated carbocycles. The lowest BCUT2D eigenvalue weighted by Crippen LogP contribution is -2.43. The van der Waals surface area contributed by atoms with Crippen molar-refractivity contribution in [1.82, 2.24) is 4.90 Å². The highest BCUT2D eigenvalue weighted by Gasteiger charge is 2.30. The summed E-state index contributed by atoms with van der Waals surface area (Å²) >= 11 is 0. The zero-order valence-electron chi connectivity index (χ0n) is 16.6. The van der Waals surface area contributed by atoms with Crippen LogP contribution in [0.25, 0.3) is 0 Å². The Hall–Kier alpha value is -0.0800. The highest BCUT2D eigenvalue weighted by Crippen LogP contribution is 2.36. The van der Waals surface area contributed by atoms with Gasteiger partial charge in [-0.15, -0.1) is 0 Å². The Bertz CT molecular complexity index is 311. The minimum absolute atomic E-state index is 0.456. The highest BCUT2D eigenvalue weighted by atomic mass is 15.1. The van der Waals surface area contributed by atoms with Gasteiger partial charge in [-0.2, -0.15) is 0 Å². The normalized spacial score (nSPS) is 30.1. The van der Waals surface area contributed by atoms with E-state index in [1.807, 2.05) is 0 Å². The number of nitrogens with zero attached hydrogens (tertiary/aromatic N) is 1. The average Bonchev–Trinajstić information content (AvgIpc) is 2.61. The number of nitrogens with two attached hydrogens (primary N) is 1. The van der Waals surface area contributed by atoms with Crippen LogP contribution in [-0.4, -0.2) is 30.6 Å². The molecule has 2 aliphatic carbocycles. The molecule has 1 heterocycles. The maximum Gasteiger partial charge on any atom is 0.00536 e. The molecule has 2 N–H and O–H groups in total. The molecule has 3 aliphatic rings. The van der Waals surface area contributed by atoms with Crippen LogP contribution in [0.2, 0.25) is 0 Å². The third kappa shape index (κ3) is 7.04. The molecule has 0 bridgehead atoms. The van der Waals surface area contributed by atoms with Crippen LogP contribution >= 0.6 is 0 Å². The molecule has 1 saturated heterocycles. The fraction of sp³-hybridized carbons (Fsp3) is 1.00. The van der Waals surface area contributed by atoms with Gasteiger partial charge in [0.15, 0.2) is 0 Å². The van der Waals surface area contributed by atoms with Crippen LogP contribution < -0.4 is 5.73 Å². The minimum atomic E-state index is 0.456. The zero-order chi connectivity index (χ0) is 17.2. The molecule has 1 aliphatic heterocycles. The van der Waals surface area contributed by atoms with Crippen molar-refractivity contribution in [2.75, 3.05) is 19.6 Å². The van der Waals surface area contributed by atoms with E-state index in [0.29, 0.717) is 6.04 Å². The van der Waals surface area contributed by atoms with Crippen LogP contribution in [0.3, 0.4) is 0 Å². The monoisotopic (exact) mass is 336 g/mol. The molecule has 0 aromatic rings. The first-order valence-corrected chi connectivity index (χ1v) is 11.2. The summed E-state index contributed by atoms with van der Waals surface area (Å²) in [6.45, 7) is 8.23. The van der Waals surface area contributed by atoms with Gasteiger partial charge >= 0.3 is 0 Å². The summed E-state index contributed by atoms with van der Waals surface area (Å²) < 4.78 is 0. The fourth-order valence-electron chi connectivity index (χ4n) is 5.20. The maximum absolute atomic E-state index is 6.43. The Morgan fingerprint density at radius 2 is 1.50 bits per heavy atom. The van der Waals surface area contributed by atoms with Crippen LogP contribution in [0.5, 0.6) is 0 Å². The van der Waals surface area contributed by atoms with E-state index in [9.17, 15) is 0 Å². The molecule has 3 rings (SSSR count). The van der Waals surface area contributed by atoms with E-state index in [-0.39, 0.29) is 0 Å². The zero-order valence-corrected chi connectivity index (χ0v) is 16.6. The quantitative estimate of drug-likeness (QED) is 0.707. The van der Waals surface area contributed by atoms with Gasteiger partial charge < -0.3 is 10.6 Å². The molecule has 3 fully saturated rings. The first kappa shape index (κ1) is 20.2. The summed E-state index contributed by atoms with van der Waals surface area (Å²) in [5.74, 6) is 3.02. The van der Waals surface area contributed by atoms with Crippen molar-refractivity contribution in [3.8, 4) is 0 Å². The Morgan fingerprint density at radius 1 is 0.875 bits per heavy atom. The lowest BCUT2D eigenvalue weighted by Gasteiger charge is -2.41. The molecular weight excluding hydrogens is 292 g/mol. The van der Waals surface area contributed by atoms with Crippen LogP contribution in [-0.2, 0) is 0 Å². The largest absolute Gasteiger partial charge is 0.328 e. The first-order chi connectivity index (χ1) is 11.7. The summed E-state index contributed by atoms with van der Waals surface area (Å²) in [5, 5.41) is 0. The maximum atomic E-state index is 6.43. The molecule has 24 heavy (non-hydrogen) atoms. The van der Waals surface area contributed by atoms with Crippen molar-refractivity contribution < 1.29 is 0 Å². The van der Waals surface area contributed by atoms with Gasteiger partial charge in [0.1, 0.15) is 0 Å². The van der Waals surface area contributed by atoms with E-state index in [1.54, 1.807) is 0 Å². The molecule has 0 amide bonds. The van der Waals surface area contributed by atoms with Gasteiger partial charge in [0.2, 0.25) is 0 Å². The third-order valence-corrected chi connectivity index (χ3v) is 6.55. The second-order valence-electron chi connectivity index (χ2n) is 8.89. The topological polar surface area (TPSA) is 29.3 Å². The average molecular weight is 337 g/mol. The van der Waals surface area contributed by atoms with Crippen molar-refractivity contribution in [3.63, 3.8) is 0 Å². The molecule has 2 nitrogen and oxygen atoms in total. The Morgan fingerprint density at radius 3 is 2.21 bits per heavy atom. The summed E-state index contributed by atoms with van der Waals surface area (Å²) in [6.07, 6.45) is 18.5. The van der Waals surface area contributed by atoms with Crippen LogP contribution in [0.15, 0.2) is 0 Å².